The molecule has 2 aromatic carbocycles. The van der Waals surface area contributed by atoms with Gasteiger partial charge in [-0.25, -0.2) is 0 Å². The van der Waals surface area contributed by atoms with Crippen LogP contribution in [0.2, 0.25) is 5.02 Å². The van der Waals surface area contributed by atoms with Gasteiger partial charge in [-0.05, 0) is 59.1 Å². The van der Waals surface area contributed by atoms with Gasteiger partial charge in [-0.3, -0.25) is 0 Å². The molecule has 2 nitrogen and oxygen atoms in total. The summed E-state index contributed by atoms with van der Waals surface area (Å²) in [5, 5.41) is 4.13. The third-order valence-electron chi connectivity index (χ3n) is 3.30. The highest BCUT2D eigenvalue weighted by atomic mass is 79.9. The molecule has 0 bridgehead atoms. The Morgan fingerprint density at radius 1 is 1.20 bits per heavy atom. The van der Waals surface area contributed by atoms with Crippen LogP contribution in [0.4, 0.5) is 5.69 Å². The second-order valence-electron chi connectivity index (χ2n) is 4.92. The zero-order valence-electron chi connectivity index (χ0n) is 11.6. The first kappa shape index (κ1) is 15.4. The standard InChI is InChI=1S/C16H18BrClN2/c1-10-3-5-13(11(2)7-10)16(9-19)20-12-4-6-14(17)15(18)8-12/h3-8,16,20H,9,19H2,1-2H3. The van der Waals surface area contributed by atoms with Crippen LogP contribution in [0.5, 0.6) is 0 Å². The molecule has 4 heteroatoms. The summed E-state index contributed by atoms with van der Waals surface area (Å²) in [4.78, 5) is 0. The predicted molar refractivity (Wildman–Crippen MR) is 90.5 cm³/mol. The van der Waals surface area contributed by atoms with E-state index in [2.05, 4.69) is 53.3 Å². The van der Waals surface area contributed by atoms with Crippen molar-refractivity contribution >= 4 is 33.2 Å². The van der Waals surface area contributed by atoms with Gasteiger partial charge in [0.25, 0.3) is 0 Å². The fourth-order valence-corrected chi connectivity index (χ4v) is 2.69. The van der Waals surface area contributed by atoms with Gasteiger partial charge in [0.15, 0.2) is 0 Å². The zero-order valence-corrected chi connectivity index (χ0v) is 13.9. The minimum atomic E-state index is 0.0767. The van der Waals surface area contributed by atoms with Gasteiger partial charge in [-0.2, -0.15) is 0 Å². The number of nitrogens with one attached hydrogen (secondary N) is 1. The molecule has 0 fully saturated rings. The molecule has 2 aromatic rings. The third-order valence-corrected chi connectivity index (χ3v) is 4.53. The molecule has 0 spiro atoms. The SMILES string of the molecule is Cc1ccc(C(CN)Nc2ccc(Br)c(Cl)c2)c(C)c1. The molecule has 0 saturated heterocycles. The summed E-state index contributed by atoms with van der Waals surface area (Å²) >= 11 is 9.51. The molecule has 20 heavy (non-hydrogen) atoms. The van der Waals surface area contributed by atoms with Gasteiger partial charge in [-0.1, -0.05) is 35.4 Å². The zero-order chi connectivity index (χ0) is 14.7. The summed E-state index contributed by atoms with van der Waals surface area (Å²) in [5.74, 6) is 0. The van der Waals surface area contributed by atoms with E-state index >= 15 is 0 Å². The number of rotatable bonds is 4. The molecule has 0 aliphatic carbocycles. The van der Waals surface area contributed by atoms with Crippen molar-refractivity contribution in [1.82, 2.24) is 0 Å². The van der Waals surface area contributed by atoms with Gasteiger partial charge in [0.05, 0.1) is 11.1 Å². The Kier molecular flexibility index (Phi) is 5.08. The minimum absolute atomic E-state index is 0.0767. The number of anilines is 1. The van der Waals surface area contributed by atoms with Gasteiger partial charge >= 0.3 is 0 Å². The number of hydrogen-bond donors (Lipinski definition) is 2. The van der Waals surface area contributed by atoms with Crippen LogP contribution in [-0.4, -0.2) is 6.54 Å². The Balaban J connectivity index is 2.26. The second kappa shape index (κ2) is 6.61. The Morgan fingerprint density at radius 2 is 1.95 bits per heavy atom. The normalized spacial score (nSPS) is 12.2. The number of benzene rings is 2. The maximum Gasteiger partial charge on any atom is 0.0638 e. The van der Waals surface area contributed by atoms with E-state index in [9.17, 15) is 0 Å². The molecule has 1 unspecified atom stereocenters. The van der Waals surface area contributed by atoms with Gasteiger partial charge < -0.3 is 11.1 Å². The first-order chi connectivity index (χ1) is 9.51. The van der Waals surface area contributed by atoms with Crippen molar-refractivity contribution in [1.29, 1.82) is 0 Å². The fraction of sp³-hybridized carbons (Fsp3) is 0.250. The molecule has 106 valence electrons. The first-order valence-corrected chi connectivity index (χ1v) is 7.67. The summed E-state index contributed by atoms with van der Waals surface area (Å²) in [6.07, 6.45) is 0. The molecular weight excluding hydrogens is 336 g/mol. The van der Waals surface area contributed by atoms with E-state index in [4.69, 9.17) is 17.3 Å². The minimum Gasteiger partial charge on any atom is -0.377 e. The summed E-state index contributed by atoms with van der Waals surface area (Å²) < 4.78 is 0.889. The van der Waals surface area contributed by atoms with Crippen LogP contribution in [-0.2, 0) is 0 Å². The maximum atomic E-state index is 6.12. The summed E-state index contributed by atoms with van der Waals surface area (Å²) in [7, 11) is 0. The van der Waals surface area contributed by atoms with Gasteiger partial charge in [0.1, 0.15) is 0 Å². The molecule has 0 amide bonds. The number of aryl methyl sites for hydroxylation is 2. The lowest BCUT2D eigenvalue weighted by Crippen LogP contribution is -2.21. The van der Waals surface area contributed by atoms with Gasteiger partial charge in [0, 0.05) is 16.7 Å². The third kappa shape index (κ3) is 3.54. The lowest BCUT2D eigenvalue weighted by Gasteiger charge is -2.21. The van der Waals surface area contributed by atoms with Crippen LogP contribution in [0.1, 0.15) is 22.7 Å². The van der Waals surface area contributed by atoms with E-state index < -0.39 is 0 Å². The Bertz CT molecular complexity index is 613. The highest BCUT2D eigenvalue weighted by Crippen LogP contribution is 2.28. The van der Waals surface area contributed by atoms with Crippen LogP contribution in [0.25, 0.3) is 0 Å². The van der Waals surface area contributed by atoms with E-state index in [1.807, 2.05) is 18.2 Å². The molecule has 0 saturated carbocycles. The first-order valence-electron chi connectivity index (χ1n) is 6.50. The molecule has 0 aromatic heterocycles. The molecule has 0 radical (unpaired) electrons. The van der Waals surface area contributed by atoms with E-state index in [1.54, 1.807) is 0 Å². The van der Waals surface area contributed by atoms with E-state index in [0.29, 0.717) is 11.6 Å². The van der Waals surface area contributed by atoms with E-state index in [1.165, 1.54) is 16.7 Å². The molecule has 2 rings (SSSR count). The smallest absolute Gasteiger partial charge is 0.0638 e. The number of nitrogens with two attached hydrogens (primary N) is 1. The second-order valence-corrected chi connectivity index (χ2v) is 6.18. The number of hydrogen-bond acceptors (Lipinski definition) is 2. The van der Waals surface area contributed by atoms with Crippen LogP contribution in [0, 0.1) is 13.8 Å². The van der Waals surface area contributed by atoms with Gasteiger partial charge in [0.2, 0.25) is 0 Å². The monoisotopic (exact) mass is 352 g/mol. The van der Waals surface area contributed by atoms with Crippen molar-refractivity contribution in [3.05, 3.63) is 62.6 Å². The predicted octanol–water partition coefficient (Wildman–Crippen LogP) is 4.83. The molecule has 3 N–H and O–H groups in total. The van der Waals surface area contributed by atoms with Crippen molar-refractivity contribution in [3.8, 4) is 0 Å². The van der Waals surface area contributed by atoms with Crippen molar-refractivity contribution in [2.24, 2.45) is 5.73 Å². The summed E-state index contributed by atoms with van der Waals surface area (Å²) in [6, 6.07) is 12.3. The lowest BCUT2D eigenvalue weighted by molar-refractivity contribution is 0.783. The highest BCUT2D eigenvalue weighted by Gasteiger charge is 2.12. The average molecular weight is 354 g/mol. The largest absolute Gasteiger partial charge is 0.377 e. The highest BCUT2D eigenvalue weighted by molar-refractivity contribution is 9.10. The van der Waals surface area contributed by atoms with Gasteiger partial charge in [-0.15, -0.1) is 0 Å². The van der Waals surface area contributed by atoms with Crippen LogP contribution in [0.15, 0.2) is 40.9 Å². The Morgan fingerprint density at radius 3 is 2.55 bits per heavy atom. The van der Waals surface area contributed by atoms with Crippen molar-refractivity contribution in [3.63, 3.8) is 0 Å². The maximum absolute atomic E-state index is 6.12. The van der Waals surface area contributed by atoms with E-state index in [0.717, 1.165) is 10.2 Å². The topological polar surface area (TPSA) is 38.0 Å². The molecule has 0 heterocycles. The quantitative estimate of drug-likeness (QED) is 0.826. The van der Waals surface area contributed by atoms with Crippen LogP contribution >= 0.6 is 27.5 Å². The number of halogens is 2. The molecule has 1 atom stereocenters. The molecule has 0 aliphatic heterocycles. The van der Waals surface area contributed by atoms with Crippen molar-refractivity contribution in [2.45, 2.75) is 19.9 Å². The van der Waals surface area contributed by atoms with Crippen LogP contribution in [0.3, 0.4) is 0 Å². The van der Waals surface area contributed by atoms with Crippen molar-refractivity contribution in [2.75, 3.05) is 11.9 Å². The molecular formula is C16H18BrClN2. The summed E-state index contributed by atoms with van der Waals surface area (Å²) in [6.45, 7) is 4.73. The Hall–Kier alpha value is -1.03. The lowest BCUT2D eigenvalue weighted by atomic mass is 9.99. The average Bonchev–Trinajstić information content (AvgIpc) is 2.41. The van der Waals surface area contributed by atoms with Crippen molar-refractivity contribution < 1.29 is 0 Å². The fourth-order valence-electron chi connectivity index (χ4n) is 2.27. The summed E-state index contributed by atoms with van der Waals surface area (Å²) in [5.41, 5.74) is 10.6. The van der Waals surface area contributed by atoms with Crippen LogP contribution < -0.4 is 11.1 Å². The molecule has 0 aliphatic rings. The van der Waals surface area contributed by atoms with E-state index in [-0.39, 0.29) is 6.04 Å². The Labute approximate surface area is 133 Å².